The van der Waals surface area contributed by atoms with Gasteiger partial charge in [0.1, 0.15) is 5.56 Å². The van der Waals surface area contributed by atoms with Crippen LogP contribution in [0.5, 0.6) is 11.5 Å². The van der Waals surface area contributed by atoms with E-state index in [0.717, 1.165) is 0 Å². The minimum atomic E-state index is -0.683. The molecule has 1 aromatic rings. The molecule has 0 aromatic heterocycles. The van der Waals surface area contributed by atoms with Gasteiger partial charge in [0.15, 0.2) is 18.3 Å². The summed E-state index contributed by atoms with van der Waals surface area (Å²) in [4.78, 5) is 20.6. The lowest BCUT2D eigenvalue weighted by atomic mass is 10.2. The first-order valence-electron chi connectivity index (χ1n) is 4.78. The third-order valence-electron chi connectivity index (χ3n) is 1.92. The summed E-state index contributed by atoms with van der Waals surface area (Å²) >= 11 is 0. The fraction of sp³-hybridized carbons (Fsp3) is 0.364. The molecule has 0 spiro atoms. The molecule has 1 aromatic carbocycles. The number of methoxy groups -OCH3 is 3. The molecule has 6 nitrogen and oxygen atoms in total. The molecule has 0 atom stereocenters. The van der Waals surface area contributed by atoms with Gasteiger partial charge in [0, 0.05) is 7.11 Å². The Hall–Kier alpha value is -1.79. The highest BCUT2D eigenvalue weighted by molar-refractivity contribution is 5.93. The molecule has 0 bridgehead atoms. The first-order chi connectivity index (χ1) is 8.24. The predicted octanol–water partition coefficient (Wildman–Crippen LogP) is 1.40. The van der Waals surface area contributed by atoms with Crippen molar-refractivity contribution in [2.45, 2.75) is 0 Å². The highest BCUT2D eigenvalue weighted by Crippen LogP contribution is 2.30. The topological polar surface area (TPSA) is 63.2 Å². The van der Waals surface area contributed by atoms with Crippen molar-refractivity contribution in [3.05, 3.63) is 23.8 Å². The summed E-state index contributed by atoms with van der Waals surface area (Å²) < 4.78 is 14.7. The van der Waals surface area contributed by atoms with E-state index in [1.807, 2.05) is 0 Å². The number of rotatable bonds is 6. The minimum absolute atomic E-state index is 0.141. The van der Waals surface area contributed by atoms with Crippen LogP contribution in [0.2, 0.25) is 0 Å². The highest BCUT2D eigenvalue weighted by Gasteiger charge is 2.18. The molecule has 1 rings (SSSR count). The first kappa shape index (κ1) is 13.3. The Kier molecular flexibility index (Phi) is 5.25. The van der Waals surface area contributed by atoms with Crippen molar-refractivity contribution in [1.29, 1.82) is 0 Å². The van der Waals surface area contributed by atoms with E-state index >= 15 is 0 Å². The summed E-state index contributed by atoms with van der Waals surface area (Å²) in [5.74, 6) is 0.0486. The lowest BCUT2D eigenvalue weighted by molar-refractivity contribution is -0.286. The highest BCUT2D eigenvalue weighted by atomic mass is 17.2. The van der Waals surface area contributed by atoms with Gasteiger partial charge in [0.05, 0.1) is 14.2 Å². The summed E-state index contributed by atoms with van der Waals surface area (Å²) in [6.07, 6.45) is 0. The average Bonchev–Trinajstić information content (AvgIpc) is 2.37. The second kappa shape index (κ2) is 6.72. The van der Waals surface area contributed by atoms with Gasteiger partial charge in [0.25, 0.3) is 0 Å². The van der Waals surface area contributed by atoms with Crippen LogP contribution in [-0.4, -0.2) is 34.1 Å². The van der Waals surface area contributed by atoms with Crippen molar-refractivity contribution >= 4 is 5.97 Å². The van der Waals surface area contributed by atoms with Gasteiger partial charge in [-0.25, -0.2) is 4.79 Å². The maximum absolute atomic E-state index is 11.6. The fourth-order valence-corrected chi connectivity index (χ4v) is 1.22. The number of benzene rings is 1. The number of carbonyl (C=O) groups is 1. The molecule has 0 aliphatic rings. The third kappa shape index (κ3) is 3.33. The SMILES string of the molecule is COCOOC(=O)c1cccc(OC)c1OC. The average molecular weight is 242 g/mol. The van der Waals surface area contributed by atoms with Crippen molar-refractivity contribution in [1.82, 2.24) is 0 Å². The van der Waals surface area contributed by atoms with Crippen LogP contribution < -0.4 is 9.47 Å². The maximum atomic E-state index is 11.6. The van der Waals surface area contributed by atoms with Crippen LogP contribution in [0.25, 0.3) is 0 Å². The Morgan fingerprint density at radius 3 is 2.53 bits per heavy atom. The summed E-state index contributed by atoms with van der Waals surface area (Å²) in [7, 11) is 4.33. The van der Waals surface area contributed by atoms with Crippen molar-refractivity contribution < 1.29 is 28.8 Å². The smallest absolute Gasteiger partial charge is 0.377 e. The van der Waals surface area contributed by atoms with Crippen molar-refractivity contribution in [2.75, 3.05) is 28.1 Å². The molecule has 0 fully saturated rings. The van der Waals surface area contributed by atoms with E-state index in [0.29, 0.717) is 11.5 Å². The molecule has 0 saturated heterocycles. The van der Waals surface area contributed by atoms with Crippen LogP contribution in [0.3, 0.4) is 0 Å². The van der Waals surface area contributed by atoms with Gasteiger partial charge < -0.3 is 14.2 Å². The molecule has 0 aliphatic carbocycles. The largest absolute Gasteiger partial charge is 0.493 e. The first-order valence-corrected chi connectivity index (χ1v) is 4.78. The Balaban J connectivity index is 2.85. The van der Waals surface area contributed by atoms with Crippen LogP contribution >= 0.6 is 0 Å². The molecule has 0 saturated carbocycles. The maximum Gasteiger partial charge on any atom is 0.377 e. The van der Waals surface area contributed by atoms with Gasteiger partial charge >= 0.3 is 5.97 Å². The zero-order valence-corrected chi connectivity index (χ0v) is 9.89. The van der Waals surface area contributed by atoms with Crippen LogP contribution in [0, 0.1) is 0 Å². The molecule has 0 amide bonds. The van der Waals surface area contributed by atoms with Gasteiger partial charge in [-0.15, -0.1) is 0 Å². The summed E-state index contributed by atoms with van der Waals surface area (Å²) in [5.41, 5.74) is 0.211. The molecule has 6 heteroatoms. The lowest BCUT2D eigenvalue weighted by Gasteiger charge is -2.10. The third-order valence-corrected chi connectivity index (χ3v) is 1.92. The number of hydrogen-bond acceptors (Lipinski definition) is 6. The van der Waals surface area contributed by atoms with E-state index in [4.69, 9.17) is 9.47 Å². The van der Waals surface area contributed by atoms with Crippen LogP contribution in [0.1, 0.15) is 10.4 Å². The Bertz CT molecular complexity index is 376. The van der Waals surface area contributed by atoms with Crippen molar-refractivity contribution in [3.8, 4) is 11.5 Å². The second-order valence-corrected chi connectivity index (χ2v) is 2.94. The quantitative estimate of drug-likeness (QED) is 0.325. The van der Waals surface area contributed by atoms with Gasteiger partial charge in [-0.2, -0.15) is 4.89 Å². The van der Waals surface area contributed by atoms with E-state index in [1.165, 1.54) is 21.3 Å². The second-order valence-electron chi connectivity index (χ2n) is 2.94. The van der Waals surface area contributed by atoms with Crippen molar-refractivity contribution in [3.63, 3.8) is 0 Å². The van der Waals surface area contributed by atoms with E-state index in [9.17, 15) is 4.79 Å². The molecule has 0 N–H and O–H groups in total. The number of hydrogen-bond donors (Lipinski definition) is 0. The molecular weight excluding hydrogens is 228 g/mol. The summed E-state index contributed by atoms with van der Waals surface area (Å²) in [6.45, 7) is -0.141. The molecule has 17 heavy (non-hydrogen) atoms. The summed E-state index contributed by atoms with van der Waals surface area (Å²) in [5, 5.41) is 0. The van der Waals surface area contributed by atoms with Gasteiger partial charge in [-0.1, -0.05) is 6.07 Å². The van der Waals surface area contributed by atoms with Gasteiger partial charge in [-0.05, 0) is 12.1 Å². The normalized spacial score (nSPS) is 9.82. The predicted molar refractivity (Wildman–Crippen MR) is 57.9 cm³/mol. The van der Waals surface area contributed by atoms with Gasteiger partial charge in [0.2, 0.25) is 0 Å². The number of para-hydroxylation sites is 1. The lowest BCUT2D eigenvalue weighted by Crippen LogP contribution is -2.09. The standard InChI is InChI=1S/C11H14O6/c1-13-7-16-17-11(12)8-5-4-6-9(14-2)10(8)15-3/h4-6H,7H2,1-3H3. The summed E-state index contributed by atoms with van der Waals surface area (Å²) in [6, 6.07) is 4.86. The molecule has 0 radical (unpaired) electrons. The van der Waals surface area contributed by atoms with E-state index in [2.05, 4.69) is 14.5 Å². The van der Waals surface area contributed by atoms with Crippen LogP contribution in [0.15, 0.2) is 18.2 Å². The van der Waals surface area contributed by atoms with Crippen LogP contribution in [-0.2, 0) is 14.5 Å². The molecule has 0 unspecified atom stereocenters. The molecule has 0 heterocycles. The fourth-order valence-electron chi connectivity index (χ4n) is 1.22. The monoisotopic (exact) mass is 242 g/mol. The minimum Gasteiger partial charge on any atom is -0.493 e. The number of carbonyl (C=O) groups excluding carboxylic acids is 1. The van der Waals surface area contributed by atoms with E-state index in [1.54, 1.807) is 18.2 Å². The van der Waals surface area contributed by atoms with E-state index in [-0.39, 0.29) is 12.4 Å². The van der Waals surface area contributed by atoms with E-state index < -0.39 is 5.97 Å². The Morgan fingerprint density at radius 1 is 1.18 bits per heavy atom. The Morgan fingerprint density at radius 2 is 1.94 bits per heavy atom. The molecule has 0 aliphatic heterocycles. The van der Waals surface area contributed by atoms with Crippen molar-refractivity contribution in [2.24, 2.45) is 0 Å². The zero-order chi connectivity index (χ0) is 12.7. The van der Waals surface area contributed by atoms with Gasteiger partial charge in [-0.3, -0.25) is 4.89 Å². The van der Waals surface area contributed by atoms with Crippen LogP contribution in [0.4, 0.5) is 0 Å². The Labute approximate surface area is 98.9 Å². The molecule has 94 valence electrons. The number of ether oxygens (including phenoxy) is 3. The molecular formula is C11H14O6. The zero-order valence-electron chi connectivity index (χ0n) is 9.89.